The molecule has 0 saturated carbocycles. The molecule has 3 rings (SSSR count). The minimum atomic E-state index is 0.528. The zero-order valence-electron chi connectivity index (χ0n) is 11.0. The fraction of sp³-hybridized carbons (Fsp3) is 0.125. The Morgan fingerprint density at radius 1 is 0.947 bits per heavy atom. The minimum Gasteiger partial charge on any atom is -0.383 e. The monoisotopic (exact) mass is 249 g/mol. The van der Waals surface area contributed by atoms with Gasteiger partial charge in [0.05, 0.1) is 5.52 Å². The Morgan fingerprint density at radius 2 is 1.74 bits per heavy atom. The maximum absolute atomic E-state index is 6.02. The van der Waals surface area contributed by atoms with Gasteiger partial charge in [-0.15, -0.1) is 0 Å². The Balaban J connectivity index is 2.25. The van der Waals surface area contributed by atoms with Gasteiger partial charge in [0.25, 0.3) is 0 Å². The number of para-hydroxylation sites is 1. The third-order valence-electron chi connectivity index (χ3n) is 3.26. The summed E-state index contributed by atoms with van der Waals surface area (Å²) in [5.41, 5.74) is 10.3. The van der Waals surface area contributed by atoms with Crippen LogP contribution in [0.25, 0.3) is 22.3 Å². The largest absolute Gasteiger partial charge is 0.383 e. The van der Waals surface area contributed by atoms with Crippen LogP contribution in [0.4, 0.5) is 5.82 Å². The number of anilines is 1. The van der Waals surface area contributed by atoms with E-state index in [1.54, 1.807) is 0 Å². The Labute approximate surface area is 112 Å². The lowest BCUT2D eigenvalue weighted by atomic mass is 10.0. The van der Waals surface area contributed by atoms with Gasteiger partial charge in [0, 0.05) is 10.9 Å². The van der Waals surface area contributed by atoms with Crippen LogP contribution in [0.15, 0.2) is 42.5 Å². The van der Waals surface area contributed by atoms with Crippen molar-refractivity contribution in [2.75, 3.05) is 5.73 Å². The first-order valence-electron chi connectivity index (χ1n) is 6.25. The second kappa shape index (κ2) is 4.35. The van der Waals surface area contributed by atoms with Crippen molar-refractivity contribution >= 4 is 16.7 Å². The van der Waals surface area contributed by atoms with Crippen molar-refractivity contribution in [1.29, 1.82) is 0 Å². The number of hydrogen-bond acceptors (Lipinski definition) is 3. The van der Waals surface area contributed by atoms with Crippen molar-refractivity contribution in [3.8, 4) is 11.4 Å². The van der Waals surface area contributed by atoms with Gasteiger partial charge in [-0.05, 0) is 31.5 Å². The van der Waals surface area contributed by atoms with E-state index >= 15 is 0 Å². The zero-order valence-corrected chi connectivity index (χ0v) is 11.0. The van der Waals surface area contributed by atoms with Gasteiger partial charge < -0.3 is 5.73 Å². The van der Waals surface area contributed by atoms with Crippen LogP contribution >= 0.6 is 0 Å². The number of nitrogens with zero attached hydrogens (tertiary/aromatic N) is 2. The molecule has 0 unspecified atom stereocenters. The van der Waals surface area contributed by atoms with E-state index in [1.165, 1.54) is 5.56 Å². The molecule has 3 nitrogen and oxygen atoms in total. The summed E-state index contributed by atoms with van der Waals surface area (Å²) < 4.78 is 0. The predicted octanol–water partition coefficient (Wildman–Crippen LogP) is 3.50. The molecule has 0 radical (unpaired) electrons. The molecule has 0 fully saturated rings. The number of fused-ring (bicyclic) bond motifs is 1. The van der Waals surface area contributed by atoms with Gasteiger partial charge in [-0.25, -0.2) is 9.97 Å². The molecule has 0 atom stereocenters. The molecule has 0 aliphatic carbocycles. The summed E-state index contributed by atoms with van der Waals surface area (Å²) in [6, 6.07) is 14.0. The predicted molar refractivity (Wildman–Crippen MR) is 78.9 cm³/mol. The molecule has 0 aliphatic rings. The number of nitrogens with two attached hydrogens (primary N) is 1. The molecule has 0 aliphatic heterocycles. The first kappa shape index (κ1) is 11.7. The minimum absolute atomic E-state index is 0.528. The van der Waals surface area contributed by atoms with Gasteiger partial charge in [-0.1, -0.05) is 35.9 Å². The zero-order chi connectivity index (χ0) is 13.4. The van der Waals surface area contributed by atoms with Crippen LogP contribution in [0.5, 0.6) is 0 Å². The number of nitrogen functional groups attached to an aromatic ring is 1. The first-order chi connectivity index (χ1) is 9.15. The van der Waals surface area contributed by atoms with Gasteiger partial charge in [-0.3, -0.25) is 0 Å². The van der Waals surface area contributed by atoms with Crippen LogP contribution in [-0.4, -0.2) is 9.97 Å². The Hall–Kier alpha value is -2.42. The van der Waals surface area contributed by atoms with Crippen LogP contribution in [0.2, 0.25) is 0 Å². The van der Waals surface area contributed by atoms with Crippen LogP contribution in [0.3, 0.4) is 0 Å². The number of aryl methyl sites for hydroxylation is 2. The van der Waals surface area contributed by atoms with E-state index < -0.39 is 0 Å². The van der Waals surface area contributed by atoms with Crippen LogP contribution in [0, 0.1) is 13.8 Å². The van der Waals surface area contributed by atoms with Crippen molar-refractivity contribution in [3.63, 3.8) is 0 Å². The summed E-state index contributed by atoms with van der Waals surface area (Å²) in [5.74, 6) is 1.22. The maximum atomic E-state index is 6.02. The molecule has 1 heterocycles. The van der Waals surface area contributed by atoms with E-state index in [4.69, 9.17) is 5.73 Å². The van der Waals surface area contributed by atoms with Gasteiger partial charge in [0.15, 0.2) is 5.82 Å². The van der Waals surface area contributed by atoms with E-state index in [2.05, 4.69) is 35.9 Å². The lowest BCUT2D eigenvalue weighted by molar-refractivity contribution is 1.22. The van der Waals surface area contributed by atoms with E-state index in [9.17, 15) is 0 Å². The lowest BCUT2D eigenvalue weighted by Crippen LogP contribution is -1.98. The molecule has 2 aromatic carbocycles. The molecule has 94 valence electrons. The summed E-state index contributed by atoms with van der Waals surface area (Å²) >= 11 is 0. The maximum Gasteiger partial charge on any atom is 0.162 e. The third kappa shape index (κ3) is 2.03. The molecule has 3 heteroatoms. The van der Waals surface area contributed by atoms with Crippen LogP contribution < -0.4 is 5.73 Å². The quantitative estimate of drug-likeness (QED) is 0.718. The molecule has 1 aromatic heterocycles. The van der Waals surface area contributed by atoms with Crippen molar-refractivity contribution in [1.82, 2.24) is 9.97 Å². The van der Waals surface area contributed by atoms with Gasteiger partial charge in [-0.2, -0.15) is 0 Å². The fourth-order valence-corrected chi connectivity index (χ4v) is 2.29. The second-order valence-electron chi connectivity index (χ2n) is 4.77. The number of aromatic nitrogens is 2. The summed E-state index contributed by atoms with van der Waals surface area (Å²) in [6.45, 7) is 4.14. The van der Waals surface area contributed by atoms with Crippen molar-refractivity contribution in [3.05, 3.63) is 53.6 Å². The van der Waals surface area contributed by atoms with E-state index in [0.29, 0.717) is 11.6 Å². The normalized spacial score (nSPS) is 10.8. The van der Waals surface area contributed by atoms with E-state index in [0.717, 1.165) is 22.0 Å². The van der Waals surface area contributed by atoms with E-state index in [1.807, 2.05) is 30.3 Å². The van der Waals surface area contributed by atoms with Crippen molar-refractivity contribution < 1.29 is 0 Å². The summed E-state index contributed by atoms with van der Waals surface area (Å²) in [4.78, 5) is 9.03. The Bertz CT molecular complexity index is 763. The average Bonchev–Trinajstić information content (AvgIpc) is 2.38. The molecule has 0 bridgehead atoms. The summed E-state index contributed by atoms with van der Waals surface area (Å²) in [5, 5.41) is 0.899. The summed E-state index contributed by atoms with van der Waals surface area (Å²) in [7, 11) is 0. The molecule has 3 aromatic rings. The first-order valence-corrected chi connectivity index (χ1v) is 6.25. The molecule has 0 saturated heterocycles. The smallest absolute Gasteiger partial charge is 0.162 e. The molecular formula is C16H15N3. The second-order valence-corrected chi connectivity index (χ2v) is 4.77. The number of rotatable bonds is 1. The van der Waals surface area contributed by atoms with E-state index in [-0.39, 0.29) is 0 Å². The highest BCUT2D eigenvalue weighted by Crippen LogP contribution is 2.25. The molecule has 0 spiro atoms. The van der Waals surface area contributed by atoms with Gasteiger partial charge >= 0.3 is 0 Å². The van der Waals surface area contributed by atoms with Crippen LogP contribution in [-0.2, 0) is 0 Å². The fourth-order valence-electron chi connectivity index (χ4n) is 2.29. The van der Waals surface area contributed by atoms with Crippen molar-refractivity contribution in [2.24, 2.45) is 0 Å². The standard InChI is InChI=1S/C16H15N3/c1-10-7-8-12(11(2)9-10)16-18-14-6-4-3-5-13(14)15(17)19-16/h3-9H,1-2H3,(H2,17,18,19). The highest BCUT2D eigenvalue weighted by Gasteiger charge is 2.09. The Kier molecular flexibility index (Phi) is 2.67. The van der Waals surface area contributed by atoms with Crippen LogP contribution in [0.1, 0.15) is 11.1 Å². The summed E-state index contributed by atoms with van der Waals surface area (Å²) in [6.07, 6.45) is 0. The topological polar surface area (TPSA) is 51.8 Å². The highest BCUT2D eigenvalue weighted by molar-refractivity contribution is 5.89. The molecular weight excluding hydrogens is 234 g/mol. The SMILES string of the molecule is Cc1ccc(-c2nc(N)c3ccccc3n2)c(C)c1. The highest BCUT2D eigenvalue weighted by atomic mass is 14.9. The molecule has 2 N–H and O–H groups in total. The number of hydrogen-bond donors (Lipinski definition) is 1. The molecule has 19 heavy (non-hydrogen) atoms. The average molecular weight is 249 g/mol. The lowest BCUT2D eigenvalue weighted by Gasteiger charge is -2.08. The van der Waals surface area contributed by atoms with Gasteiger partial charge in [0.2, 0.25) is 0 Å². The van der Waals surface area contributed by atoms with Gasteiger partial charge in [0.1, 0.15) is 5.82 Å². The third-order valence-corrected chi connectivity index (χ3v) is 3.26. The Morgan fingerprint density at radius 3 is 2.53 bits per heavy atom. The van der Waals surface area contributed by atoms with Crippen molar-refractivity contribution in [2.45, 2.75) is 13.8 Å². The number of benzene rings is 2. The molecule has 0 amide bonds.